The molecule has 1 aromatic heterocycles. The van der Waals surface area contributed by atoms with E-state index >= 15 is 0 Å². The number of carbonyl (C=O) groups is 2. The van der Waals surface area contributed by atoms with Crippen molar-refractivity contribution in [2.75, 3.05) is 52.9 Å². The number of carbonyl (C=O) groups excluding carboxylic acids is 2. The Bertz CT molecular complexity index is 1530. The van der Waals surface area contributed by atoms with Gasteiger partial charge in [0, 0.05) is 36.1 Å². The molecule has 1 aliphatic heterocycles. The maximum atomic E-state index is 13.5. The molecule has 0 saturated carbocycles. The number of ether oxygens (including phenoxy) is 3. The molecule has 10 nitrogen and oxygen atoms in total. The minimum absolute atomic E-state index is 0.117. The number of amides is 2. The van der Waals surface area contributed by atoms with Crippen LogP contribution in [0.5, 0.6) is 17.2 Å². The molecule has 0 radical (unpaired) electrons. The predicted octanol–water partition coefficient (Wildman–Crippen LogP) is 4.23. The van der Waals surface area contributed by atoms with E-state index < -0.39 is 0 Å². The summed E-state index contributed by atoms with van der Waals surface area (Å²) in [5.41, 5.74) is 3.94. The lowest BCUT2D eigenvalue weighted by Gasteiger charge is -2.24. The lowest BCUT2D eigenvalue weighted by Crippen LogP contribution is -2.41. The molecule has 1 aliphatic rings. The quantitative estimate of drug-likeness (QED) is 0.313. The molecule has 2 heterocycles. The predicted molar refractivity (Wildman–Crippen MR) is 156 cm³/mol. The van der Waals surface area contributed by atoms with Crippen LogP contribution in [0.2, 0.25) is 0 Å². The average Bonchev–Trinajstić information content (AvgIpc) is 3.62. The van der Waals surface area contributed by atoms with Crippen LogP contribution < -0.4 is 19.5 Å². The highest BCUT2D eigenvalue weighted by Gasteiger charge is 2.23. The van der Waals surface area contributed by atoms with Gasteiger partial charge >= 0.3 is 0 Å². The van der Waals surface area contributed by atoms with Gasteiger partial charge in [0.05, 0.1) is 12.8 Å². The van der Waals surface area contributed by atoms with E-state index in [9.17, 15) is 9.59 Å². The van der Waals surface area contributed by atoms with Crippen LogP contribution in [0.15, 0.2) is 72.9 Å². The SMILES string of the molecule is COc1ccc(-c2cn(-c3ccc(C)cc3)c(NC(=O)CN(CCN(C)C)C(=O)c3ccc4c(c3)OCO4)n2)cc1. The van der Waals surface area contributed by atoms with Crippen molar-refractivity contribution in [3.8, 4) is 34.2 Å². The average molecular weight is 556 g/mol. The first kappa shape index (κ1) is 27.7. The first-order valence-electron chi connectivity index (χ1n) is 13.2. The fraction of sp³-hybridized carbons (Fsp3) is 0.258. The monoisotopic (exact) mass is 555 g/mol. The fourth-order valence-electron chi connectivity index (χ4n) is 4.39. The Morgan fingerprint density at radius 3 is 2.41 bits per heavy atom. The number of benzene rings is 3. The molecule has 1 N–H and O–H groups in total. The number of likely N-dealkylation sites (N-methyl/N-ethyl adjacent to an activating group) is 1. The van der Waals surface area contributed by atoms with Crippen molar-refractivity contribution < 1.29 is 23.8 Å². The Kier molecular flexibility index (Phi) is 8.21. The van der Waals surface area contributed by atoms with Crippen LogP contribution in [0.1, 0.15) is 15.9 Å². The number of aryl methyl sites for hydroxylation is 1. The van der Waals surface area contributed by atoms with Crippen LogP contribution in [0.25, 0.3) is 16.9 Å². The van der Waals surface area contributed by atoms with E-state index in [1.165, 1.54) is 4.90 Å². The second-order valence-electron chi connectivity index (χ2n) is 10.0. The fourth-order valence-corrected chi connectivity index (χ4v) is 4.39. The van der Waals surface area contributed by atoms with E-state index in [4.69, 9.17) is 19.2 Å². The molecule has 3 aromatic carbocycles. The number of anilines is 1. The maximum absolute atomic E-state index is 13.5. The van der Waals surface area contributed by atoms with Crippen molar-refractivity contribution in [3.05, 3.63) is 84.1 Å². The van der Waals surface area contributed by atoms with Gasteiger partial charge in [0.15, 0.2) is 11.5 Å². The van der Waals surface area contributed by atoms with Gasteiger partial charge in [-0.15, -0.1) is 0 Å². The van der Waals surface area contributed by atoms with Crippen LogP contribution in [0.3, 0.4) is 0 Å². The molecule has 0 unspecified atom stereocenters. The molecule has 0 spiro atoms. The van der Waals surface area contributed by atoms with Crippen molar-refractivity contribution in [2.45, 2.75) is 6.92 Å². The molecule has 0 fully saturated rings. The molecular weight excluding hydrogens is 522 g/mol. The second-order valence-corrected chi connectivity index (χ2v) is 10.0. The Labute approximate surface area is 239 Å². The minimum Gasteiger partial charge on any atom is -0.497 e. The zero-order chi connectivity index (χ0) is 28.9. The number of rotatable bonds is 10. The standard InChI is InChI=1S/C31H33N5O5/c1-21-5-10-24(11-6-21)36-18-26(22-7-12-25(39-4)13-8-22)32-31(36)33-29(37)19-35(16-15-34(2)3)30(38)23-9-14-27-28(17-23)41-20-40-27/h5-14,17-18H,15-16,19-20H2,1-4H3,(H,32,33,37). The zero-order valence-corrected chi connectivity index (χ0v) is 23.6. The number of hydrogen-bond donors (Lipinski definition) is 1. The number of imidazole rings is 1. The first-order valence-corrected chi connectivity index (χ1v) is 13.2. The van der Waals surface area contributed by atoms with Crippen LogP contribution >= 0.6 is 0 Å². The van der Waals surface area contributed by atoms with Gasteiger partial charge in [-0.3, -0.25) is 19.5 Å². The summed E-state index contributed by atoms with van der Waals surface area (Å²) in [6.07, 6.45) is 1.88. The Morgan fingerprint density at radius 2 is 1.71 bits per heavy atom. The van der Waals surface area contributed by atoms with E-state index in [-0.39, 0.29) is 25.2 Å². The van der Waals surface area contributed by atoms with Crippen molar-refractivity contribution in [1.29, 1.82) is 0 Å². The minimum atomic E-state index is -0.363. The topological polar surface area (TPSA) is 98.2 Å². The van der Waals surface area contributed by atoms with E-state index in [1.54, 1.807) is 25.3 Å². The molecule has 0 atom stereocenters. The zero-order valence-electron chi connectivity index (χ0n) is 23.6. The van der Waals surface area contributed by atoms with Crippen LogP contribution in [-0.2, 0) is 4.79 Å². The highest BCUT2D eigenvalue weighted by molar-refractivity contribution is 5.99. The number of methoxy groups -OCH3 is 1. The molecule has 212 valence electrons. The first-order chi connectivity index (χ1) is 19.8. The summed E-state index contributed by atoms with van der Waals surface area (Å²) in [6.45, 7) is 2.93. The highest BCUT2D eigenvalue weighted by Crippen LogP contribution is 2.33. The Hall–Kier alpha value is -4.83. The van der Waals surface area contributed by atoms with Crippen LogP contribution in [0.4, 0.5) is 5.95 Å². The summed E-state index contributed by atoms with van der Waals surface area (Å²) in [5, 5.41) is 2.94. The second kappa shape index (κ2) is 12.1. The van der Waals surface area contributed by atoms with E-state index in [0.29, 0.717) is 41.8 Å². The molecule has 5 rings (SSSR count). The third-order valence-corrected chi connectivity index (χ3v) is 6.71. The van der Waals surface area contributed by atoms with Gasteiger partial charge < -0.3 is 24.0 Å². The number of hydrogen-bond acceptors (Lipinski definition) is 7. The normalized spacial score (nSPS) is 11.9. The van der Waals surface area contributed by atoms with E-state index in [2.05, 4.69) is 5.32 Å². The number of nitrogens with one attached hydrogen (secondary N) is 1. The van der Waals surface area contributed by atoms with Gasteiger partial charge in [-0.1, -0.05) is 17.7 Å². The smallest absolute Gasteiger partial charge is 0.254 e. The highest BCUT2D eigenvalue weighted by atomic mass is 16.7. The lowest BCUT2D eigenvalue weighted by atomic mass is 10.1. The Morgan fingerprint density at radius 1 is 0.976 bits per heavy atom. The third-order valence-electron chi connectivity index (χ3n) is 6.71. The summed E-state index contributed by atoms with van der Waals surface area (Å²) in [6, 6.07) is 20.5. The Balaban J connectivity index is 1.40. The molecule has 0 bridgehead atoms. The number of nitrogens with zero attached hydrogens (tertiary/aromatic N) is 4. The molecule has 10 heteroatoms. The van der Waals surface area contributed by atoms with E-state index in [1.807, 2.05) is 85.2 Å². The van der Waals surface area contributed by atoms with Gasteiger partial charge in [-0.25, -0.2) is 4.98 Å². The van der Waals surface area contributed by atoms with Gasteiger partial charge in [0.1, 0.15) is 12.3 Å². The van der Waals surface area contributed by atoms with Gasteiger partial charge in [0.25, 0.3) is 5.91 Å². The van der Waals surface area contributed by atoms with Gasteiger partial charge in [-0.05, 0) is 75.6 Å². The van der Waals surface area contributed by atoms with Crippen molar-refractivity contribution in [1.82, 2.24) is 19.4 Å². The molecule has 0 aliphatic carbocycles. The molecule has 41 heavy (non-hydrogen) atoms. The summed E-state index contributed by atoms with van der Waals surface area (Å²) < 4.78 is 17.9. The van der Waals surface area contributed by atoms with Crippen molar-refractivity contribution >= 4 is 17.8 Å². The molecule has 2 amide bonds. The molecule has 4 aromatic rings. The van der Waals surface area contributed by atoms with Gasteiger partial charge in [-0.2, -0.15) is 0 Å². The van der Waals surface area contributed by atoms with Crippen molar-refractivity contribution in [2.24, 2.45) is 0 Å². The molecule has 0 saturated heterocycles. The number of fused-ring (bicyclic) bond motifs is 1. The lowest BCUT2D eigenvalue weighted by molar-refractivity contribution is -0.117. The largest absolute Gasteiger partial charge is 0.497 e. The van der Waals surface area contributed by atoms with Gasteiger partial charge in [0.2, 0.25) is 18.6 Å². The summed E-state index contributed by atoms with van der Waals surface area (Å²) in [7, 11) is 5.46. The molecular formula is C31H33N5O5. The maximum Gasteiger partial charge on any atom is 0.254 e. The summed E-state index contributed by atoms with van der Waals surface area (Å²) in [5.74, 6) is 1.56. The summed E-state index contributed by atoms with van der Waals surface area (Å²) >= 11 is 0. The van der Waals surface area contributed by atoms with E-state index in [0.717, 1.165) is 22.6 Å². The third kappa shape index (κ3) is 6.50. The van der Waals surface area contributed by atoms with Crippen molar-refractivity contribution in [3.63, 3.8) is 0 Å². The number of aromatic nitrogens is 2. The van der Waals surface area contributed by atoms with Crippen LogP contribution in [0, 0.1) is 6.92 Å². The van der Waals surface area contributed by atoms with Crippen LogP contribution in [-0.4, -0.2) is 78.8 Å². The summed E-state index contributed by atoms with van der Waals surface area (Å²) in [4.78, 5) is 35.2.